The highest BCUT2D eigenvalue weighted by Crippen LogP contribution is 2.36. The zero-order valence-corrected chi connectivity index (χ0v) is 16.1. The smallest absolute Gasteiger partial charge is 0.260 e. The Hall–Kier alpha value is -2.14. The topological polar surface area (TPSA) is 38.8 Å². The molecule has 0 aliphatic carbocycles. The first-order chi connectivity index (χ1) is 12.7. The van der Waals surface area contributed by atoms with Gasteiger partial charge in [0, 0.05) is 24.1 Å². The minimum absolute atomic E-state index is 0.0296. The summed E-state index contributed by atoms with van der Waals surface area (Å²) in [6.45, 7) is 3.73. The normalized spacial score (nSPS) is 17.5. The van der Waals surface area contributed by atoms with Crippen molar-refractivity contribution in [1.82, 2.24) is 4.90 Å². The molecule has 3 rings (SSSR count). The molecular formula is C21H25NO3S. The van der Waals surface area contributed by atoms with Crippen molar-refractivity contribution in [1.29, 1.82) is 0 Å². The molecule has 1 aliphatic rings. The summed E-state index contributed by atoms with van der Waals surface area (Å²) in [5, 5.41) is 0.448. The zero-order chi connectivity index (χ0) is 18.4. The second-order valence-corrected chi connectivity index (χ2v) is 7.64. The number of hydrogen-bond donors (Lipinski definition) is 0. The van der Waals surface area contributed by atoms with Crippen molar-refractivity contribution in [2.24, 2.45) is 0 Å². The summed E-state index contributed by atoms with van der Waals surface area (Å²) in [5.41, 5.74) is 2.71. The van der Waals surface area contributed by atoms with E-state index in [-0.39, 0.29) is 12.5 Å². The van der Waals surface area contributed by atoms with Gasteiger partial charge in [0.1, 0.15) is 0 Å². The maximum Gasteiger partial charge on any atom is 0.260 e. The molecule has 2 aromatic carbocycles. The quantitative estimate of drug-likeness (QED) is 0.794. The Morgan fingerprint density at radius 2 is 1.85 bits per heavy atom. The van der Waals surface area contributed by atoms with E-state index in [0.717, 1.165) is 25.3 Å². The van der Waals surface area contributed by atoms with Crippen LogP contribution in [0.15, 0.2) is 48.5 Å². The van der Waals surface area contributed by atoms with Crippen LogP contribution in [0.2, 0.25) is 0 Å². The van der Waals surface area contributed by atoms with Crippen molar-refractivity contribution in [3.8, 4) is 11.5 Å². The predicted octanol–water partition coefficient (Wildman–Crippen LogP) is 4.09. The number of carbonyl (C=O) groups is 1. The van der Waals surface area contributed by atoms with Crippen molar-refractivity contribution >= 4 is 17.7 Å². The van der Waals surface area contributed by atoms with E-state index in [1.165, 1.54) is 11.1 Å². The van der Waals surface area contributed by atoms with Crippen LogP contribution in [0.5, 0.6) is 11.5 Å². The van der Waals surface area contributed by atoms with Crippen molar-refractivity contribution in [2.75, 3.05) is 32.6 Å². The lowest BCUT2D eigenvalue weighted by atomic mass is 10.0. The predicted molar refractivity (Wildman–Crippen MR) is 106 cm³/mol. The fourth-order valence-corrected chi connectivity index (χ4v) is 4.51. The summed E-state index contributed by atoms with van der Waals surface area (Å²) in [6.07, 6.45) is 0.968. The van der Waals surface area contributed by atoms with Gasteiger partial charge in [0.15, 0.2) is 18.1 Å². The van der Waals surface area contributed by atoms with E-state index in [9.17, 15) is 4.79 Å². The number of aryl methyl sites for hydroxylation is 1. The van der Waals surface area contributed by atoms with E-state index in [4.69, 9.17) is 9.47 Å². The van der Waals surface area contributed by atoms with Gasteiger partial charge in [-0.15, -0.1) is 0 Å². The monoisotopic (exact) mass is 371 g/mol. The Kier molecular flexibility index (Phi) is 6.45. The number of para-hydroxylation sites is 2. The second-order valence-electron chi connectivity index (χ2n) is 6.33. The molecule has 2 aromatic rings. The lowest BCUT2D eigenvalue weighted by Crippen LogP contribution is -2.36. The molecule has 1 aliphatic heterocycles. The molecule has 0 bridgehead atoms. The van der Waals surface area contributed by atoms with Crippen molar-refractivity contribution in [3.63, 3.8) is 0 Å². The number of ether oxygens (including phenoxy) is 2. The van der Waals surface area contributed by atoms with Gasteiger partial charge in [0.25, 0.3) is 5.91 Å². The summed E-state index contributed by atoms with van der Waals surface area (Å²) in [5.74, 6) is 2.22. The fraction of sp³-hybridized carbons (Fsp3) is 0.381. The molecule has 0 spiro atoms. The largest absolute Gasteiger partial charge is 0.493 e. The summed E-state index contributed by atoms with van der Waals surface area (Å²) in [4.78, 5) is 14.5. The van der Waals surface area contributed by atoms with Gasteiger partial charge in [-0.3, -0.25) is 4.79 Å². The van der Waals surface area contributed by atoms with Gasteiger partial charge in [0.2, 0.25) is 0 Å². The van der Waals surface area contributed by atoms with Crippen LogP contribution in [0, 0.1) is 6.92 Å². The summed E-state index contributed by atoms with van der Waals surface area (Å²) >= 11 is 1.94. The van der Waals surface area contributed by atoms with Gasteiger partial charge < -0.3 is 14.4 Å². The summed E-state index contributed by atoms with van der Waals surface area (Å²) < 4.78 is 11.0. The minimum Gasteiger partial charge on any atom is -0.493 e. The molecule has 0 saturated carbocycles. The molecule has 5 heteroatoms. The van der Waals surface area contributed by atoms with Crippen LogP contribution in [-0.4, -0.2) is 43.4 Å². The highest BCUT2D eigenvalue weighted by atomic mass is 32.2. The third-order valence-corrected chi connectivity index (χ3v) is 5.96. The minimum atomic E-state index is 0.0296. The van der Waals surface area contributed by atoms with E-state index >= 15 is 0 Å². The number of hydrogen-bond acceptors (Lipinski definition) is 4. The average molecular weight is 372 g/mol. The van der Waals surface area contributed by atoms with Crippen LogP contribution in [0.3, 0.4) is 0 Å². The number of carbonyl (C=O) groups excluding carboxylic acids is 1. The number of thioether (sulfide) groups is 1. The fourth-order valence-electron chi connectivity index (χ4n) is 3.18. The summed E-state index contributed by atoms with van der Waals surface area (Å²) in [7, 11) is 1.60. The Labute approximate surface area is 159 Å². The molecule has 1 amide bonds. The van der Waals surface area contributed by atoms with Crippen molar-refractivity contribution in [2.45, 2.75) is 18.6 Å². The SMILES string of the molecule is COc1ccccc1OCC(=O)N1CCSC(c2ccccc2C)CC1. The molecule has 1 saturated heterocycles. The number of amides is 1. The van der Waals surface area contributed by atoms with E-state index in [1.54, 1.807) is 7.11 Å². The highest BCUT2D eigenvalue weighted by Gasteiger charge is 2.23. The van der Waals surface area contributed by atoms with Gasteiger partial charge in [-0.05, 0) is 36.6 Å². The first-order valence-electron chi connectivity index (χ1n) is 8.89. The van der Waals surface area contributed by atoms with Gasteiger partial charge in [0.05, 0.1) is 7.11 Å². The van der Waals surface area contributed by atoms with Crippen LogP contribution in [0.25, 0.3) is 0 Å². The highest BCUT2D eigenvalue weighted by molar-refractivity contribution is 7.99. The van der Waals surface area contributed by atoms with Crippen LogP contribution >= 0.6 is 11.8 Å². The van der Waals surface area contributed by atoms with Crippen LogP contribution < -0.4 is 9.47 Å². The van der Waals surface area contributed by atoms with Gasteiger partial charge in [-0.1, -0.05) is 36.4 Å². The Balaban J connectivity index is 1.57. The Morgan fingerprint density at radius 1 is 1.12 bits per heavy atom. The average Bonchev–Trinajstić information content (AvgIpc) is 2.93. The lowest BCUT2D eigenvalue weighted by molar-refractivity contribution is -0.133. The third-order valence-electron chi connectivity index (χ3n) is 4.65. The number of nitrogens with zero attached hydrogens (tertiary/aromatic N) is 1. The number of benzene rings is 2. The second kappa shape index (κ2) is 8.99. The third kappa shape index (κ3) is 4.52. The molecule has 1 unspecified atom stereocenters. The lowest BCUT2D eigenvalue weighted by Gasteiger charge is -2.21. The van der Waals surface area contributed by atoms with E-state index in [1.807, 2.05) is 40.9 Å². The maximum atomic E-state index is 12.6. The van der Waals surface area contributed by atoms with E-state index < -0.39 is 0 Å². The first-order valence-corrected chi connectivity index (χ1v) is 9.94. The molecule has 4 nitrogen and oxygen atoms in total. The number of rotatable bonds is 5. The van der Waals surface area contributed by atoms with E-state index in [2.05, 4.69) is 31.2 Å². The molecule has 26 heavy (non-hydrogen) atoms. The van der Waals surface area contributed by atoms with Crippen molar-refractivity contribution < 1.29 is 14.3 Å². The van der Waals surface area contributed by atoms with Gasteiger partial charge in [-0.2, -0.15) is 11.8 Å². The van der Waals surface area contributed by atoms with Crippen LogP contribution in [0.1, 0.15) is 22.8 Å². The van der Waals surface area contributed by atoms with Crippen LogP contribution in [0.4, 0.5) is 0 Å². The van der Waals surface area contributed by atoms with Gasteiger partial charge >= 0.3 is 0 Å². The standard InChI is InChI=1S/C21H25NO3S/c1-16-7-3-4-8-17(16)20-11-12-22(13-14-26-20)21(23)15-25-19-10-6-5-9-18(19)24-2/h3-10,20H,11-15H2,1-2H3. The van der Waals surface area contributed by atoms with Crippen LogP contribution in [-0.2, 0) is 4.79 Å². The molecule has 138 valence electrons. The molecule has 1 fully saturated rings. The number of methoxy groups -OCH3 is 1. The van der Waals surface area contributed by atoms with Gasteiger partial charge in [-0.25, -0.2) is 0 Å². The Bertz CT molecular complexity index is 750. The zero-order valence-electron chi connectivity index (χ0n) is 15.3. The van der Waals surface area contributed by atoms with Crippen molar-refractivity contribution in [3.05, 3.63) is 59.7 Å². The maximum absolute atomic E-state index is 12.6. The first kappa shape index (κ1) is 18.6. The molecule has 0 N–H and O–H groups in total. The molecule has 0 aromatic heterocycles. The molecule has 1 heterocycles. The molecule has 1 atom stereocenters. The molecule has 0 radical (unpaired) electrons. The summed E-state index contributed by atoms with van der Waals surface area (Å²) in [6, 6.07) is 15.9. The molecular weight excluding hydrogens is 346 g/mol. The Morgan fingerprint density at radius 3 is 2.62 bits per heavy atom. The van der Waals surface area contributed by atoms with E-state index in [0.29, 0.717) is 16.7 Å².